The fraction of sp³-hybridized carbons (Fsp3) is 0.438. The number of amides is 3. The van der Waals surface area contributed by atoms with Gasteiger partial charge in [0.1, 0.15) is 0 Å². The third-order valence-electron chi connectivity index (χ3n) is 3.59. The number of imide groups is 1. The molecule has 0 saturated heterocycles. The predicted molar refractivity (Wildman–Crippen MR) is 82.1 cm³/mol. The largest absolute Gasteiger partial charge is 0.493 e. The summed E-state index contributed by atoms with van der Waals surface area (Å²) in [6.07, 6.45) is 4.09. The molecule has 0 heterocycles. The highest BCUT2D eigenvalue weighted by molar-refractivity contribution is 5.95. The maximum absolute atomic E-state index is 11.7. The minimum atomic E-state index is -0.549. The van der Waals surface area contributed by atoms with Crippen LogP contribution in [0.3, 0.4) is 0 Å². The van der Waals surface area contributed by atoms with E-state index < -0.39 is 11.9 Å². The fourth-order valence-corrected chi connectivity index (χ4v) is 2.45. The number of carbonyl (C=O) groups excluding carboxylic acids is 2. The standard InChI is InChI=1S/C16H19N3O4/c1-22-14-8-11(9-17)6-7-13(14)23-10-15(20)19-16(21)18-12-4-2-3-5-12/h6-8,12H,2-5,10H2,1H3,(H2,18,19,20,21). The van der Waals surface area contributed by atoms with Crippen LogP contribution in [0.2, 0.25) is 0 Å². The van der Waals surface area contributed by atoms with E-state index in [1.54, 1.807) is 12.1 Å². The minimum Gasteiger partial charge on any atom is -0.493 e. The van der Waals surface area contributed by atoms with Crippen LogP contribution in [0.1, 0.15) is 31.2 Å². The number of urea groups is 1. The summed E-state index contributed by atoms with van der Waals surface area (Å²) in [6, 6.07) is 6.24. The Balaban J connectivity index is 1.82. The number of rotatable bonds is 5. The second kappa shape index (κ2) is 8.03. The number of ether oxygens (including phenoxy) is 2. The second-order valence-electron chi connectivity index (χ2n) is 5.27. The SMILES string of the molecule is COc1cc(C#N)ccc1OCC(=O)NC(=O)NC1CCCC1. The quantitative estimate of drug-likeness (QED) is 0.861. The van der Waals surface area contributed by atoms with Crippen molar-refractivity contribution in [2.45, 2.75) is 31.7 Å². The minimum absolute atomic E-state index is 0.141. The van der Waals surface area contributed by atoms with Crippen molar-refractivity contribution in [1.29, 1.82) is 5.26 Å². The molecule has 1 saturated carbocycles. The summed E-state index contributed by atoms with van der Waals surface area (Å²) in [4.78, 5) is 23.4. The van der Waals surface area contributed by atoms with E-state index in [4.69, 9.17) is 14.7 Å². The lowest BCUT2D eigenvalue weighted by molar-refractivity contribution is -0.122. The number of nitrogens with one attached hydrogen (secondary N) is 2. The van der Waals surface area contributed by atoms with Gasteiger partial charge in [0.05, 0.1) is 18.7 Å². The van der Waals surface area contributed by atoms with Crippen molar-refractivity contribution in [3.63, 3.8) is 0 Å². The first-order valence-electron chi connectivity index (χ1n) is 7.43. The van der Waals surface area contributed by atoms with Crippen LogP contribution in [0, 0.1) is 11.3 Å². The molecular formula is C16H19N3O4. The summed E-state index contributed by atoms with van der Waals surface area (Å²) in [5, 5.41) is 13.8. The van der Waals surface area contributed by atoms with Gasteiger partial charge in [-0.1, -0.05) is 12.8 Å². The third kappa shape index (κ3) is 4.88. The molecule has 7 heteroatoms. The fourth-order valence-electron chi connectivity index (χ4n) is 2.45. The molecule has 23 heavy (non-hydrogen) atoms. The van der Waals surface area contributed by atoms with Gasteiger partial charge in [-0.15, -0.1) is 0 Å². The van der Waals surface area contributed by atoms with E-state index in [2.05, 4.69) is 10.6 Å². The number of nitriles is 1. The molecule has 1 aromatic rings. The summed E-state index contributed by atoms with van der Waals surface area (Å²) < 4.78 is 10.4. The molecule has 0 spiro atoms. The summed E-state index contributed by atoms with van der Waals surface area (Å²) in [6.45, 7) is -0.319. The van der Waals surface area contributed by atoms with Crippen molar-refractivity contribution in [2.75, 3.05) is 13.7 Å². The number of methoxy groups -OCH3 is 1. The van der Waals surface area contributed by atoms with Gasteiger partial charge in [-0.05, 0) is 25.0 Å². The van der Waals surface area contributed by atoms with Gasteiger partial charge in [-0.25, -0.2) is 4.79 Å². The molecule has 7 nitrogen and oxygen atoms in total. The summed E-state index contributed by atoms with van der Waals surface area (Å²) in [7, 11) is 1.44. The van der Waals surface area contributed by atoms with Gasteiger partial charge in [0.2, 0.25) is 0 Å². The number of hydrogen-bond acceptors (Lipinski definition) is 5. The first kappa shape index (κ1) is 16.6. The van der Waals surface area contributed by atoms with Gasteiger partial charge in [0, 0.05) is 12.1 Å². The Labute approximate surface area is 134 Å². The van der Waals surface area contributed by atoms with Crippen molar-refractivity contribution in [1.82, 2.24) is 10.6 Å². The first-order valence-corrected chi connectivity index (χ1v) is 7.43. The van der Waals surface area contributed by atoms with Gasteiger partial charge < -0.3 is 14.8 Å². The number of benzene rings is 1. The number of nitrogens with zero attached hydrogens (tertiary/aromatic N) is 1. The maximum Gasteiger partial charge on any atom is 0.321 e. The smallest absolute Gasteiger partial charge is 0.321 e. The van der Waals surface area contributed by atoms with E-state index in [9.17, 15) is 9.59 Å². The molecule has 1 aliphatic carbocycles. The summed E-state index contributed by atoms with van der Waals surface area (Å²) >= 11 is 0. The second-order valence-corrected chi connectivity index (χ2v) is 5.27. The predicted octanol–water partition coefficient (Wildman–Crippen LogP) is 1.71. The molecule has 0 aliphatic heterocycles. The first-order chi connectivity index (χ1) is 11.1. The molecule has 3 amide bonds. The van der Waals surface area contributed by atoms with E-state index >= 15 is 0 Å². The zero-order valence-electron chi connectivity index (χ0n) is 12.9. The van der Waals surface area contributed by atoms with E-state index in [1.807, 2.05) is 6.07 Å². The van der Waals surface area contributed by atoms with Crippen LogP contribution in [-0.2, 0) is 4.79 Å². The molecule has 122 valence electrons. The zero-order chi connectivity index (χ0) is 16.7. The van der Waals surface area contributed by atoms with Crippen LogP contribution in [-0.4, -0.2) is 31.7 Å². The molecule has 2 N–H and O–H groups in total. The molecule has 1 aliphatic rings. The lowest BCUT2D eigenvalue weighted by Crippen LogP contribution is -2.45. The van der Waals surface area contributed by atoms with Gasteiger partial charge in [0.15, 0.2) is 18.1 Å². The molecule has 0 bridgehead atoms. The van der Waals surface area contributed by atoms with E-state index in [1.165, 1.54) is 13.2 Å². The van der Waals surface area contributed by atoms with Gasteiger partial charge in [-0.2, -0.15) is 5.26 Å². The van der Waals surface area contributed by atoms with E-state index in [0.717, 1.165) is 25.7 Å². The Kier molecular flexibility index (Phi) is 5.80. The van der Waals surface area contributed by atoms with E-state index in [0.29, 0.717) is 17.1 Å². The molecule has 0 atom stereocenters. The highest BCUT2D eigenvalue weighted by Crippen LogP contribution is 2.27. The Morgan fingerprint density at radius 3 is 2.70 bits per heavy atom. The Morgan fingerprint density at radius 2 is 2.04 bits per heavy atom. The van der Waals surface area contributed by atoms with Crippen LogP contribution < -0.4 is 20.1 Å². The van der Waals surface area contributed by atoms with Gasteiger partial charge >= 0.3 is 6.03 Å². The van der Waals surface area contributed by atoms with Crippen LogP contribution >= 0.6 is 0 Å². The average molecular weight is 317 g/mol. The molecule has 0 aromatic heterocycles. The molecule has 0 unspecified atom stereocenters. The Hall–Kier alpha value is -2.75. The molecule has 0 radical (unpaired) electrons. The zero-order valence-corrected chi connectivity index (χ0v) is 12.9. The van der Waals surface area contributed by atoms with Gasteiger partial charge in [0.25, 0.3) is 5.91 Å². The molecule has 1 aromatic carbocycles. The van der Waals surface area contributed by atoms with Crippen LogP contribution in [0.15, 0.2) is 18.2 Å². The van der Waals surface area contributed by atoms with Crippen LogP contribution in [0.25, 0.3) is 0 Å². The van der Waals surface area contributed by atoms with Crippen molar-refractivity contribution in [3.05, 3.63) is 23.8 Å². The molecular weight excluding hydrogens is 298 g/mol. The third-order valence-corrected chi connectivity index (χ3v) is 3.59. The molecule has 1 fully saturated rings. The van der Waals surface area contributed by atoms with Crippen LogP contribution in [0.5, 0.6) is 11.5 Å². The Bertz CT molecular complexity index is 618. The van der Waals surface area contributed by atoms with Crippen LogP contribution in [0.4, 0.5) is 4.79 Å². The number of hydrogen-bond donors (Lipinski definition) is 2. The van der Waals surface area contributed by atoms with Crippen molar-refractivity contribution in [3.8, 4) is 17.6 Å². The van der Waals surface area contributed by atoms with E-state index in [-0.39, 0.29) is 12.6 Å². The monoisotopic (exact) mass is 317 g/mol. The highest BCUT2D eigenvalue weighted by atomic mass is 16.5. The highest BCUT2D eigenvalue weighted by Gasteiger charge is 2.18. The van der Waals surface area contributed by atoms with Gasteiger partial charge in [-0.3, -0.25) is 10.1 Å². The molecule has 2 rings (SSSR count). The summed E-state index contributed by atoms with van der Waals surface area (Å²) in [5.74, 6) is 0.136. The average Bonchev–Trinajstić information content (AvgIpc) is 3.05. The summed E-state index contributed by atoms with van der Waals surface area (Å²) in [5.41, 5.74) is 0.426. The van der Waals surface area contributed by atoms with Crippen molar-refractivity contribution >= 4 is 11.9 Å². The van der Waals surface area contributed by atoms with Crippen molar-refractivity contribution < 1.29 is 19.1 Å². The normalized spacial score (nSPS) is 13.9. The Morgan fingerprint density at radius 1 is 1.30 bits per heavy atom. The topological polar surface area (TPSA) is 100 Å². The van der Waals surface area contributed by atoms with Crippen molar-refractivity contribution in [2.24, 2.45) is 0 Å². The maximum atomic E-state index is 11.7. The lowest BCUT2D eigenvalue weighted by Gasteiger charge is -2.13. The number of carbonyl (C=O) groups is 2. The lowest BCUT2D eigenvalue weighted by atomic mass is 10.2.